The minimum atomic E-state index is 0.630. The van der Waals surface area contributed by atoms with Gasteiger partial charge in [-0.2, -0.15) is 0 Å². The molecule has 2 heterocycles. The van der Waals surface area contributed by atoms with Crippen LogP contribution in [-0.2, 0) is 6.54 Å². The molecule has 0 aliphatic heterocycles. The van der Waals surface area contributed by atoms with Crippen molar-refractivity contribution >= 4 is 43.2 Å². The highest BCUT2D eigenvalue weighted by molar-refractivity contribution is 9.13. The number of halogens is 2. The van der Waals surface area contributed by atoms with Gasteiger partial charge in [0, 0.05) is 11.0 Å². The van der Waals surface area contributed by atoms with E-state index in [0.717, 1.165) is 37.7 Å². The van der Waals surface area contributed by atoms with Crippen LogP contribution in [0.15, 0.2) is 25.1 Å². The van der Waals surface area contributed by atoms with E-state index in [2.05, 4.69) is 56.0 Å². The maximum Gasteiger partial charge on any atom is 0.181 e. The summed E-state index contributed by atoms with van der Waals surface area (Å²) >= 11 is 8.61. The summed E-state index contributed by atoms with van der Waals surface area (Å²) in [4.78, 5) is 5.35. The molecule has 2 aromatic heterocycles. The number of hydrogen-bond acceptors (Lipinski definition) is 4. The van der Waals surface area contributed by atoms with E-state index in [1.165, 1.54) is 6.39 Å². The second-order valence-corrected chi connectivity index (χ2v) is 7.61. The summed E-state index contributed by atoms with van der Waals surface area (Å²) in [6.07, 6.45) is 1.50. The molecule has 0 saturated carbocycles. The van der Waals surface area contributed by atoms with Gasteiger partial charge in [0.05, 0.1) is 8.66 Å². The normalized spacial score (nSPS) is 11.4. The molecule has 3 nitrogen and oxygen atoms in total. The van der Waals surface area contributed by atoms with Crippen LogP contribution in [0.1, 0.15) is 19.5 Å². The van der Waals surface area contributed by atoms with Crippen molar-refractivity contribution in [3.8, 4) is 10.6 Å². The quantitative estimate of drug-likeness (QED) is 0.801. The van der Waals surface area contributed by atoms with Gasteiger partial charge in [0.1, 0.15) is 5.69 Å². The largest absolute Gasteiger partial charge is 0.442 e. The fourth-order valence-corrected chi connectivity index (χ4v) is 3.58. The van der Waals surface area contributed by atoms with Gasteiger partial charge < -0.3 is 9.73 Å². The number of oxazole rings is 1. The van der Waals surface area contributed by atoms with Crippen LogP contribution in [0.5, 0.6) is 0 Å². The van der Waals surface area contributed by atoms with Gasteiger partial charge in [0.15, 0.2) is 12.2 Å². The van der Waals surface area contributed by atoms with Gasteiger partial charge >= 0.3 is 0 Å². The van der Waals surface area contributed by atoms with Crippen LogP contribution in [0.3, 0.4) is 0 Å². The smallest absolute Gasteiger partial charge is 0.181 e. The Morgan fingerprint density at radius 2 is 2.22 bits per heavy atom. The number of aromatic nitrogens is 1. The molecule has 98 valence electrons. The Kier molecular flexibility index (Phi) is 5.00. The molecule has 0 amide bonds. The van der Waals surface area contributed by atoms with Crippen LogP contribution in [-0.4, -0.2) is 11.5 Å². The summed E-state index contributed by atoms with van der Waals surface area (Å²) in [5, 5.41) is 3.38. The molecule has 0 aliphatic carbocycles. The Hall–Kier alpha value is -0.170. The van der Waals surface area contributed by atoms with Gasteiger partial charge in [-0.15, -0.1) is 11.3 Å². The maximum absolute atomic E-state index is 5.49. The fourth-order valence-electron chi connectivity index (χ4n) is 1.53. The molecule has 6 heteroatoms. The standard InChI is InChI=1S/C12H14Br2N2OS/c1-7(2)4-15-5-9-11(17-6-16-9)10-3-8(13)12(14)18-10/h3,6-7,15H,4-5H2,1-2H3. The van der Waals surface area contributed by atoms with Gasteiger partial charge in [0.25, 0.3) is 0 Å². The van der Waals surface area contributed by atoms with Gasteiger partial charge in [-0.3, -0.25) is 0 Å². The molecule has 0 aromatic carbocycles. The molecule has 0 spiro atoms. The van der Waals surface area contributed by atoms with Crippen molar-refractivity contribution in [3.63, 3.8) is 0 Å². The second kappa shape index (κ2) is 6.32. The number of nitrogens with one attached hydrogen (secondary N) is 1. The van der Waals surface area contributed by atoms with Crippen LogP contribution >= 0.6 is 43.2 Å². The molecular formula is C12H14Br2N2OS. The van der Waals surface area contributed by atoms with Crippen LogP contribution < -0.4 is 5.32 Å². The lowest BCUT2D eigenvalue weighted by molar-refractivity contribution is 0.545. The zero-order valence-electron chi connectivity index (χ0n) is 10.2. The third-order valence-corrected chi connectivity index (χ3v) is 5.61. The van der Waals surface area contributed by atoms with E-state index in [4.69, 9.17) is 4.42 Å². The SMILES string of the molecule is CC(C)CNCc1ncoc1-c1cc(Br)c(Br)s1. The van der Waals surface area contributed by atoms with Crippen molar-refractivity contribution in [2.45, 2.75) is 20.4 Å². The first-order valence-corrected chi connectivity index (χ1v) is 8.06. The van der Waals surface area contributed by atoms with Crippen molar-refractivity contribution in [2.75, 3.05) is 6.54 Å². The maximum atomic E-state index is 5.49. The molecule has 2 aromatic rings. The molecule has 1 N–H and O–H groups in total. The van der Waals surface area contributed by atoms with Crippen molar-refractivity contribution in [3.05, 3.63) is 26.4 Å². The molecule has 2 rings (SSSR count). The number of nitrogens with zero attached hydrogens (tertiary/aromatic N) is 1. The molecule has 0 unspecified atom stereocenters. The highest BCUT2D eigenvalue weighted by Crippen LogP contribution is 2.39. The van der Waals surface area contributed by atoms with Gasteiger partial charge in [-0.05, 0) is 50.4 Å². The van der Waals surface area contributed by atoms with Gasteiger partial charge in [-0.25, -0.2) is 4.98 Å². The van der Waals surface area contributed by atoms with E-state index >= 15 is 0 Å². The first kappa shape index (κ1) is 14.2. The molecule has 18 heavy (non-hydrogen) atoms. The minimum absolute atomic E-state index is 0.630. The van der Waals surface area contributed by atoms with Gasteiger partial charge in [-0.1, -0.05) is 13.8 Å². The summed E-state index contributed by atoms with van der Waals surface area (Å²) in [6, 6.07) is 2.04. The Balaban J connectivity index is 2.12. The number of rotatable bonds is 5. The van der Waals surface area contributed by atoms with E-state index in [0.29, 0.717) is 5.92 Å². The Morgan fingerprint density at radius 1 is 1.44 bits per heavy atom. The number of hydrogen-bond donors (Lipinski definition) is 1. The first-order valence-electron chi connectivity index (χ1n) is 5.66. The summed E-state index contributed by atoms with van der Waals surface area (Å²) in [6.45, 7) is 6.08. The fraction of sp³-hybridized carbons (Fsp3) is 0.417. The summed E-state index contributed by atoms with van der Waals surface area (Å²) < 4.78 is 7.60. The van der Waals surface area contributed by atoms with Crippen LogP contribution in [0.2, 0.25) is 0 Å². The predicted octanol–water partition coefficient (Wildman–Crippen LogP) is 4.67. The molecule has 0 atom stereocenters. The van der Waals surface area contributed by atoms with Crippen LogP contribution in [0, 0.1) is 5.92 Å². The summed E-state index contributed by atoms with van der Waals surface area (Å²) in [5.41, 5.74) is 0.955. The second-order valence-electron chi connectivity index (χ2n) is 4.39. The molecule has 0 radical (unpaired) electrons. The topological polar surface area (TPSA) is 38.1 Å². The van der Waals surface area contributed by atoms with E-state index in [1.54, 1.807) is 11.3 Å². The average molecular weight is 394 g/mol. The lowest BCUT2D eigenvalue weighted by Crippen LogP contribution is -2.19. The van der Waals surface area contributed by atoms with Crippen molar-refractivity contribution in [1.29, 1.82) is 0 Å². The lowest BCUT2D eigenvalue weighted by atomic mass is 10.2. The molecular weight excluding hydrogens is 380 g/mol. The predicted molar refractivity (Wildman–Crippen MR) is 81.8 cm³/mol. The zero-order valence-corrected chi connectivity index (χ0v) is 14.2. The first-order chi connectivity index (χ1) is 8.58. The van der Waals surface area contributed by atoms with E-state index in [-0.39, 0.29) is 0 Å². The molecule has 0 bridgehead atoms. The van der Waals surface area contributed by atoms with Crippen molar-refractivity contribution in [1.82, 2.24) is 10.3 Å². The van der Waals surface area contributed by atoms with E-state index in [1.807, 2.05) is 6.07 Å². The third kappa shape index (κ3) is 3.44. The van der Waals surface area contributed by atoms with Crippen molar-refractivity contribution in [2.24, 2.45) is 5.92 Å². The highest BCUT2D eigenvalue weighted by atomic mass is 79.9. The Labute approximate surface area is 127 Å². The number of thiophene rings is 1. The van der Waals surface area contributed by atoms with E-state index in [9.17, 15) is 0 Å². The Morgan fingerprint density at radius 3 is 2.83 bits per heavy atom. The third-order valence-electron chi connectivity index (χ3n) is 2.36. The molecule has 0 saturated heterocycles. The van der Waals surface area contributed by atoms with Crippen LogP contribution in [0.4, 0.5) is 0 Å². The average Bonchev–Trinajstić information content (AvgIpc) is 2.86. The summed E-state index contributed by atoms with van der Waals surface area (Å²) in [5.74, 6) is 1.48. The monoisotopic (exact) mass is 392 g/mol. The zero-order chi connectivity index (χ0) is 13.1. The lowest BCUT2D eigenvalue weighted by Gasteiger charge is -2.05. The summed E-state index contributed by atoms with van der Waals surface area (Å²) in [7, 11) is 0. The highest BCUT2D eigenvalue weighted by Gasteiger charge is 2.14. The van der Waals surface area contributed by atoms with Gasteiger partial charge in [0.2, 0.25) is 0 Å². The van der Waals surface area contributed by atoms with Crippen molar-refractivity contribution < 1.29 is 4.42 Å². The van der Waals surface area contributed by atoms with E-state index < -0.39 is 0 Å². The van der Waals surface area contributed by atoms with Crippen LogP contribution in [0.25, 0.3) is 10.6 Å². The Bertz CT molecular complexity index is 502. The molecule has 0 aliphatic rings. The molecule has 0 fully saturated rings. The minimum Gasteiger partial charge on any atom is -0.442 e.